The van der Waals surface area contributed by atoms with Crippen molar-refractivity contribution in [3.05, 3.63) is 76.8 Å². The van der Waals surface area contributed by atoms with Crippen molar-refractivity contribution in [2.24, 2.45) is 0 Å². The Morgan fingerprint density at radius 2 is 1.86 bits per heavy atom. The van der Waals surface area contributed by atoms with E-state index < -0.39 is 10.0 Å². The van der Waals surface area contributed by atoms with Gasteiger partial charge in [-0.2, -0.15) is 4.98 Å². The number of hydrogen-bond acceptors (Lipinski definition) is 5. The normalized spacial score (nSPS) is 16.1. The summed E-state index contributed by atoms with van der Waals surface area (Å²) in [5, 5.41) is 8.18. The molecule has 0 unspecified atom stereocenters. The third-order valence-electron chi connectivity index (χ3n) is 4.40. The van der Waals surface area contributed by atoms with E-state index in [1.54, 1.807) is 11.6 Å². The lowest BCUT2D eigenvalue weighted by molar-refractivity contribution is 0.599. The number of sulfonamides is 1. The van der Waals surface area contributed by atoms with Crippen molar-refractivity contribution >= 4 is 39.2 Å². The maximum Gasteiger partial charge on any atom is 0.257 e. The van der Waals surface area contributed by atoms with Crippen LogP contribution in [-0.4, -0.2) is 28.9 Å². The lowest BCUT2D eigenvalue weighted by Gasteiger charge is -2.24. The first-order chi connectivity index (χ1) is 13.5. The topological polar surface area (TPSA) is 88.9 Å². The van der Waals surface area contributed by atoms with Gasteiger partial charge in [0.05, 0.1) is 5.75 Å². The number of rotatable bonds is 5. The largest absolute Gasteiger partial charge is 0.324 e. The number of halogens is 1. The zero-order chi connectivity index (χ0) is 19.7. The maximum absolute atomic E-state index is 11.9. The Balaban J connectivity index is 1.82. The van der Waals surface area contributed by atoms with Crippen LogP contribution in [0.4, 0.5) is 11.9 Å². The Morgan fingerprint density at radius 3 is 2.57 bits per heavy atom. The van der Waals surface area contributed by atoms with E-state index in [4.69, 9.17) is 11.6 Å². The Bertz CT molecular complexity index is 1140. The summed E-state index contributed by atoms with van der Waals surface area (Å²) in [6.07, 6.45) is 2.00. The molecule has 0 spiro atoms. The molecule has 0 fully saturated rings. The van der Waals surface area contributed by atoms with Crippen LogP contribution >= 0.6 is 11.6 Å². The van der Waals surface area contributed by atoms with E-state index in [0.717, 1.165) is 16.8 Å². The fourth-order valence-corrected chi connectivity index (χ4v) is 3.73. The average molecular weight is 416 g/mol. The summed E-state index contributed by atoms with van der Waals surface area (Å²) in [6, 6.07) is 16.9. The summed E-state index contributed by atoms with van der Waals surface area (Å²) >= 11 is 6.43. The standard InChI is InChI=1S/C19H18ClN5O2S/c1-2-28(26,27)24-18-22-19-21-16(13-8-4-3-5-9-13)12-17(25(19)23-18)14-10-6-7-11-15(14)20/h3-12,17H,2H2,1H3,(H2,21,22,23,24)/t17-/m0/s1. The lowest BCUT2D eigenvalue weighted by atomic mass is 10.0. The van der Waals surface area contributed by atoms with Crippen molar-refractivity contribution in [3.8, 4) is 0 Å². The van der Waals surface area contributed by atoms with Crippen LogP contribution in [0.15, 0.2) is 60.7 Å². The van der Waals surface area contributed by atoms with Gasteiger partial charge < -0.3 is 5.32 Å². The molecule has 0 amide bonds. The minimum absolute atomic E-state index is 0.0177. The molecular formula is C19H18ClN5O2S. The van der Waals surface area contributed by atoms with Gasteiger partial charge in [0.2, 0.25) is 16.0 Å². The van der Waals surface area contributed by atoms with E-state index in [-0.39, 0.29) is 17.7 Å². The van der Waals surface area contributed by atoms with Crippen LogP contribution in [-0.2, 0) is 10.0 Å². The molecule has 2 aromatic carbocycles. The highest BCUT2D eigenvalue weighted by molar-refractivity contribution is 7.92. The Hall–Kier alpha value is -2.84. The zero-order valence-corrected chi connectivity index (χ0v) is 16.6. The average Bonchev–Trinajstić information content (AvgIpc) is 3.10. The smallest absolute Gasteiger partial charge is 0.257 e. The molecule has 1 aromatic heterocycles. The van der Waals surface area contributed by atoms with E-state index in [1.807, 2.05) is 60.7 Å². The van der Waals surface area contributed by atoms with Crippen LogP contribution < -0.4 is 10.0 Å². The molecule has 3 aromatic rings. The molecule has 1 atom stereocenters. The molecule has 0 bridgehead atoms. The number of aromatic nitrogens is 3. The number of fused-ring (bicyclic) bond motifs is 1. The minimum atomic E-state index is -3.49. The van der Waals surface area contributed by atoms with Crippen LogP contribution in [0.3, 0.4) is 0 Å². The van der Waals surface area contributed by atoms with Gasteiger partial charge in [0.15, 0.2) is 0 Å². The number of nitrogens with one attached hydrogen (secondary N) is 2. The van der Waals surface area contributed by atoms with E-state index in [2.05, 4.69) is 20.1 Å². The summed E-state index contributed by atoms with van der Waals surface area (Å²) in [5.41, 5.74) is 2.66. The molecular weight excluding hydrogens is 398 g/mol. The fourth-order valence-electron chi connectivity index (χ4n) is 2.97. The summed E-state index contributed by atoms with van der Waals surface area (Å²) in [6.45, 7) is 1.55. The summed E-state index contributed by atoms with van der Waals surface area (Å²) in [7, 11) is -3.49. The molecule has 1 aliphatic rings. The predicted molar refractivity (Wildman–Crippen MR) is 111 cm³/mol. The van der Waals surface area contributed by atoms with Crippen molar-refractivity contribution in [2.45, 2.75) is 13.0 Å². The monoisotopic (exact) mass is 415 g/mol. The SMILES string of the molecule is CCS(=O)(=O)Nc1nc2n(n1)[C@H](c1ccccc1Cl)C=C(c1ccccc1)N2. The van der Waals surface area contributed by atoms with Gasteiger partial charge in [-0.25, -0.2) is 17.8 Å². The number of nitrogens with zero attached hydrogens (tertiary/aromatic N) is 3. The highest BCUT2D eigenvalue weighted by Crippen LogP contribution is 2.35. The predicted octanol–water partition coefficient (Wildman–Crippen LogP) is 3.75. The van der Waals surface area contributed by atoms with Crippen LogP contribution in [0.5, 0.6) is 0 Å². The fraction of sp³-hybridized carbons (Fsp3) is 0.158. The number of hydrogen-bond donors (Lipinski definition) is 2. The Kier molecular flexibility index (Phi) is 4.82. The second-order valence-corrected chi connectivity index (χ2v) is 8.66. The third kappa shape index (κ3) is 3.61. The molecule has 0 radical (unpaired) electrons. The van der Waals surface area contributed by atoms with Crippen LogP contribution in [0.25, 0.3) is 5.70 Å². The van der Waals surface area contributed by atoms with E-state index in [9.17, 15) is 8.42 Å². The van der Waals surface area contributed by atoms with Crippen molar-refractivity contribution < 1.29 is 8.42 Å². The molecule has 144 valence electrons. The molecule has 2 N–H and O–H groups in total. The van der Waals surface area contributed by atoms with Crippen molar-refractivity contribution in [1.82, 2.24) is 14.8 Å². The Labute approximate surface area is 168 Å². The van der Waals surface area contributed by atoms with Crippen LogP contribution in [0.1, 0.15) is 24.1 Å². The lowest BCUT2D eigenvalue weighted by Crippen LogP contribution is -2.20. The summed E-state index contributed by atoms with van der Waals surface area (Å²) in [5.74, 6) is 0.385. The van der Waals surface area contributed by atoms with Gasteiger partial charge in [0, 0.05) is 10.7 Å². The van der Waals surface area contributed by atoms with E-state index in [1.165, 1.54) is 0 Å². The third-order valence-corrected chi connectivity index (χ3v) is 6.00. The number of anilines is 2. The molecule has 2 heterocycles. The molecule has 9 heteroatoms. The van der Waals surface area contributed by atoms with Gasteiger partial charge in [-0.3, -0.25) is 0 Å². The molecule has 0 saturated heterocycles. The Morgan fingerprint density at radius 1 is 1.14 bits per heavy atom. The van der Waals surface area contributed by atoms with Crippen LogP contribution in [0, 0.1) is 0 Å². The minimum Gasteiger partial charge on any atom is -0.324 e. The van der Waals surface area contributed by atoms with Crippen LogP contribution in [0.2, 0.25) is 5.02 Å². The molecule has 4 rings (SSSR count). The van der Waals surface area contributed by atoms with E-state index >= 15 is 0 Å². The van der Waals surface area contributed by atoms with Crippen molar-refractivity contribution in [1.29, 1.82) is 0 Å². The second-order valence-electron chi connectivity index (χ2n) is 6.25. The van der Waals surface area contributed by atoms with E-state index in [0.29, 0.717) is 11.0 Å². The highest BCUT2D eigenvalue weighted by atomic mass is 35.5. The van der Waals surface area contributed by atoms with Gasteiger partial charge in [0.25, 0.3) is 5.95 Å². The van der Waals surface area contributed by atoms with Crippen molar-refractivity contribution in [3.63, 3.8) is 0 Å². The molecule has 7 nitrogen and oxygen atoms in total. The zero-order valence-electron chi connectivity index (χ0n) is 15.0. The van der Waals surface area contributed by atoms with Gasteiger partial charge in [-0.15, -0.1) is 5.10 Å². The number of allylic oxidation sites excluding steroid dienone is 1. The van der Waals surface area contributed by atoms with Gasteiger partial charge in [-0.05, 0) is 30.2 Å². The van der Waals surface area contributed by atoms with Gasteiger partial charge >= 0.3 is 0 Å². The molecule has 0 aliphatic carbocycles. The summed E-state index contributed by atoms with van der Waals surface area (Å²) in [4.78, 5) is 4.33. The first-order valence-electron chi connectivity index (χ1n) is 8.72. The summed E-state index contributed by atoms with van der Waals surface area (Å²) < 4.78 is 27.9. The first kappa shape index (κ1) is 18.5. The quantitative estimate of drug-likeness (QED) is 0.662. The molecule has 0 saturated carbocycles. The highest BCUT2D eigenvalue weighted by Gasteiger charge is 2.27. The molecule has 1 aliphatic heterocycles. The first-order valence-corrected chi connectivity index (χ1v) is 10.8. The van der Waals surface area contributed by atoms with Crippen molar-refractivity contribution in [2.75, 3.05) is 15.8 Å². The van der Waals surface area contributed by atoms with Gasteiger partial charge in [-0.1, -0.05) is 60.1 Å². The second kappa shape index (κ2) is 7.29. The number of benzene rings is 2. The maximum atomic E-state index is 11.9. The molecule has 28 heavy (non-hydrogen) atoms. The van der Waals surface area contributed by atoms with Gasteiger partial charge in [0.1, 0.15) is 6.04 Å².